The van der Waals surface area contributed by atoms with Gasteiger partial charge in [0.25, 0.3) is 0 Å². The summed E-state index contributed by atoms with van der Waals surface area (Å²) in [6.07, 6.45) is 1.59. The maximum absolute atomic E-state index is 5.04. The molecule has 0 amide bonds. The van der Waals surface area contributed by atoms with Crippen LogP contribution in [-0.4, -0.2) is 13.2 Å². The van der Waals surface area contributed by atoms with Crippen molar-refractivity contribution in [2.75, 3.05) is 13.2 Å². The highest BCUT2D eigenvalue weighted by atomic mass is 16.5. The van der Waals surface area contributed by atoms with E-state index in [-0.39, 0.29) is 0 Å². The Labute approximate surface area is 53.6 Å². The summed E-state index contributed by atoms with van der Waals surface area (Å²) in [5.41, 5.74) is 4.32. The van der Waals surface area contributed by atoms with Gasteiger partial charge in [-0.15, -0.1) is 10.5 Å². The average molecular weight is 126 g/mol. The van der Waals surface area contributed by atoms with Crippen LogP contribution in [0.1, 0.15) is 6.92 Å². The largest absolute Gasteiger partial charge is 0.375 e. The van der Waals surface area contributed by atoms with Gasteiger partial charge in [0.2, 0.25) is 0 Å². The summed E-state index contributed by atoms with van der Waals surface area (Å²) >= 11 is 0. The van der Waals surface area contributed by atoms with Crippen molar-refractivity contribution in [1.82, 2.24) is 5.43 Å². The Balaban J connectivity index is 2.19. The van der Waals surface area contributed by atoms with Gasteiger partial charge < -0.3 is 4.74 Å². The Hall–Kier alpha value is -0.900. The molecule has 1 radical (unpaired) electrons. The van der Waals surface area contributed by atoms with Crippen LogP contribution in [0.15, 0.2) is 22.2 Å². The monoisotopic (exact) mass is 126 g/mol. The molecule has 1 rings (SSSR count). The van der Waals surface area contributed by atoms with Crippen LogP contribution in [0.4, 0.5) is 0 Å². The fraction of sp³-hybridized carbons (Fsp3) is 0.600. The van der Waals surface area contributed by atoms with Crippen LogP contribution >= 0.6 is 0 Å². The van der Waals surface area contributed by atoms with Crippen molar-refractivity contribution in [3.8, 4) is 0 Å². The molecule has 4 heteroatoms. The second kappa shape index (κ2) is 3.19. The Bertz CT molecular complexity index is 141. The first-order valence-electron chi connectivity index (χ1n) is 2.81. The molecule has 4 nitrogen and oxygen atoms in total. The molecule has 0 aromatic rings. The molecule has 1 heterocycles. The number of ether oxygens (including phenoxy) is 1. The van der Waals surface area contributed by atoms with Crippen molar-refractivity contribution in [1.29, 1.82) is 0 Å². The van der Waals surface area contributed by atoms with E-state index in [1.807, 2.05) is 6.92 Å². The normalized spacial score (nSPS) is 15.4. The van der Waals surface area contributed by atoms with Gasteiger partial charge in [-0.25, -0.2) is 0 Å². The number of rotatable bonds is 3. The fourth-order valence-corrected chi connectivity index (χ4v) is 0.474. The quantitative estimate of drug-likeness (QED) is 0.553. The maximum atomic E-state index is 5.04. The van der Waals surface area contributed by atoms with Crippen molar-refractivity contribution in [3.05, 3.63) is 11.9 Å². The zero-order valence-corrected chi connectivity index (χ0v) is 5.24. The van der Waals surface area contributed by atoms with E-state index >= 15 is 0 Å². The van der Waals surface area contributed by atoms with Crippen LogP contribution in [0.25, 0.3) is 0 Å². The van der Waals surface area contributed by atoms with Crippen molar-refractivity contribution in [3.63, 3.8) is 0 Å². The van der Waals surface area contributed by atoms with E-state index in [9.17, 15) is 0 Å². The molecule has 0 spiro atoms. The van der Waals surface area contributed by atoms with E-state index < -0.39 is 0 Å². The minimum Gasteiger partial charge on any atom is -0.375 e. The Morgan fingerprint density at radius 2 is 2.56 bits per heavy atom. The molecular formula is C5H8N3O. The van der Waals surface area contributed by atoms with E-state index in [0.717, 1.165) is 5.70 Å². The van der Waals surface area contributed by atoms with Crippen LogP contribution in [0.3, 0.4) is 0 Å². The minimum atomic E-state index is 0.517. The summed E-state index contributed by atoms with van der Waals surface area (Å²) < 4.78 is 5.04. The van der Waals surface area contributed by atoms with Crippen LogP contribution in [0.2, 0.25) is 0 Å². The molecule has 0 unspecified atom stereocenters. The van der Waals surface area contributed by atoms with Crippen molar-refractivity contribution in [2.45, 2.75) is 6.92 Å². The first-order valence-corrected chi connectivity index (χ1v) is 2.81. The van der Waals surface area contributed by atoms with E-state index in [4.69, 9.17) is 4.74 Å². The van der Waals surface area contributed by atoms with Gasteiger partial charge >= 0.3 is 0 Å². The van der Waals surface area contributed by atoms with Gasteiger partial charge in [-0.05, 0) is 12.1 Å². The summed E-state index contributed by atoms with van der Waals surface area (Å²) in [6.45, 7) is 3.15. The molecule has 0 aliphatic carbocycles. The predicted octanol–water partition coefficient (Wildman–Crippen LogP) is 0.849. The molecule has 1 aliphatic rings. The molecule has 0 saturated carbocycles. The lowest BCUT2D eigenvalue weighted by molar-refractivity contribution is 0.170. The van der Waals surface area contributed by atoms with Crippen LogP contribution in [0, 0.1) is 0 Å². The second-order valence-corrected chi connectivity index (χ2v) is 1.56. The molecule has 0 N–H and O–H groups in total. The van der Waals surface area contributed by atoms with Crippen molar-refractivity contribution in [2.24, 2.45) is 10.3 Å². The molecular weight excluding hydrogens is 118 g/mol. The average Bonchev–Trinajstić information content (AvgIpc) is 2.34. The molecule has 0 saturated heterocycles. The van der Waals surface area contributed by atoms with Gasteiger partial charge in [0.15, 0.2) is 0 Å². The minimum absolute atomic E-state index is 0.517. The molecule has 49 valence electrons. The topological polar surface area (TPSA) is 48.0 Å². The lowest BCUT2D eigenvalue weighted by Crippen LogP contribution is -1.93. The summed E-state index contributed by atoms with van der Waals surface area (Å²) in [5.74, 6) is 0. The number of nitrogens with zero attached hydrogens (tertiary/aromatic N) is 3. The zero-order chi connectivity index (χ0) is 6.53. The van der Waals surface area contributed by atoms with Gasteiger partial charge in [0.1, 0.15) is 5.70 Å². The summed E-state index contributed by atoms with van der Waals surface area (Å²) in [7, 11) is 0. The third-order valence-electron chi connectivity index (χ3n) is 0.886. The van der Waals surface area contributed by atoms with Gasteiger partial charge in [-0.1, -0.05) is 0 Å². The third kappa shape index (κ3) is 1.81. The Morgan fingerprint density at radius 3 is 3.11 bits per heavy atom. The first-order chi connectivity index (χ1) is 4.43. The van der Waals surface area contributed by atoms with E-state index in [1.165, 1.54) is 0 Å². The van der Waals surface area contributed by atoms with E-state index in [2.05, 4.69) is 15.8 Å². The molecule has 0 aromatic carbocycles. The highest BCUT2D eigenvalue weighted by Gasteiger charge is 1.99. The molecule has 9 heavy (non-hydrogen) atoms. The molecule has 0 bridgehead atoms. The Morgan fingerprint density at radius 1 is 1.67 bits per heavy atom. The van der Waals surface area contributed by atoms with Crippen molar-refractivity contribution < 1.29 is 4.74 Å². The molecule has 0 aromatic heterocycles. The van der Waals surface area contributed by atoms with E-state index in [0.29, 0.717) is 13.2 Å². The van der Waals surface area contributed by atoms with Crippen LogP contribution < -0.4 is 5.43 Å². The molecule has 1 aliphatic heterocycles. The van der Waals surface area contributed by atoms with Gasteiger partial charge in [-0.3, -0.25) is 0 Å². The summed E-state index contributed by atoms with van der Waals surface area (Å²) in [5, 5.41) is 7.06. The number of hydrogen-bond acceptors (Lipinski definition) is 3. The second-order valence-electron chi connectivity index (χ2n) is 1.56. The highest BCUT2D eigenvalue weighted by molar-refractivity contribution is 4.99. The molecule has 0 atom stereocenters. The van der Waals surface area contributed by atoms with Gasteiger partial charge in [0, 0.05) is 6.61 Å². The smallest absolute Gasteiger partial charge is 0.111 e. The highest BCUT2D eigenvalue weighted by Crippen LogP contribution is 2.02. The van der Waals surface area contributed by atoms with Crippen LogP contribution in [-0.2, 0) is 4.74 Å². The van der Waals surface area contributed by atoms with Crippen molar-refractivity contribution >= 4 is 0 Å². The van der Waals surface area contributed by atoms with Crippen LogP contribution in [0.5, 0.6) is 0 Å². The zero-order valence-electron chi connectivity index (χ0n) is 5.24. The summed E-state index contributed by atoms with van der Waals surface area (Å²) in [6, 6.07) is 0. The lowest BCUT2D eigenvalue weighted by atomic mass is 10.5. The maximum Gasteiger partial charge on any atom is 0.111 e. The standard InChI is InChI=1S/C5H8N3O/c1-2-9-4-5-3-6-8-7-5/h3H,2,4H2,1H3. The lowest BCUT2D eigenvalue weighted by Gasteiger charge is -1.94. The summed E-state index contributed by atoms with van der Waals surface area (Å²) in [4.78, 5) is 0. The van der Waals surface area contributed by atoms with E-state index in [1.54, 1.807) is 6.20 Å². The van der Waals surface area contributed by atoms with Gasteiger partial charge in [0.05, 0.1) is 12.8 Å². The van der Waals surface area contributed by atoms with Gasteiger partial charge in [-0.2, -0.15) is 0 Å². The first kappa shape index (κ1) is 6.22. The number of hydrogen-bond donors (Lipinski definition) is 0. The fourth-order valence-electron chi connectivity index (χ4n) is 0.474. The predicted molar refractivity (Wildman–Crippen MR) is 31.6 cm³/mol. The SMILES string of the molecule is CCOCC1=C[N]N=N1. The Kier molecular flexibility index (Phi) is 2.21. The molecule has 0 fully saturated rings. The third-order valence-corrected chi connectivity index (χ3v) is 0.886.